The summed E-state index contributed by atoms with van der Waals surface area (Å²) in [4.78, 5) is 29.1. The first kappa shape index (κ1) is 21.4. The van der Waals surface area contributed by atoms with Crippen LogP contribution in [0.15, 0.2) is 77.3 Å². The maximum absolute atomic E-state index is 12.6. The summed E-state index contributed by atoms with van der Waals surface area (Å²) < 4.78 is 0.919. The summed E-state index contributed by atoms with van der Waals surface area (Å²) >= 11 is 9.89. The fraction of sp³-hybridized carbons (Fsp3) is 0.167. The second-order valence-corrected chi connectivity index (χ2v) is 8.60. The molecule has 0 aromatic heterocycles. The fourth-order valence-corrected chi connectivity index (χ4v) is 4.12. The molecule has 0 saturated carbocycles. The molecule has 0 radical (unpaired) electrons. The minimum absolute atomic E-state index is 0.0531. The molecule has 1 fully saturated rings. The molecule has 1 aliphatic rings. The Morgan fingerprint density at radius 2 is 1.52 bits per heavy atom. The van der Waals surface area contributed by atoms with Crippen molar-refractivity contribution in [2.75, 3.05) is 36.4 Å². The Bertz CT molecular complexity index is 1080. The lowest BCUT2D eigenvalue weighted by Crippen LogP contribution is -2.48. The maximum Gasteiger partial charge on any atom is 0.255 e. The highest BCUT2D eigenvalue weighted by Crippen LogP contribution is 2.30. The van der Waals surface area contributed by atoms with Gasteiger partial charge in [0.15, 0.2) is 0 Å². The van der Waals surface area contributed by atoms with Crippen molar-refractivity contribution in [3.05, 3.63) is 93.4 Å². The predicted molar refractivity (Wildman–Crippen MR) is 128 cm³/mol. The van der Waals surface area contributed by atoms with Gasteiger partial charge >= 0.3 is 0 Å². The minimum atomic E-state index is -0.190. The van der Waals surface area contributed by atoms with Crippen molar-refractivity contribution in [1.82, 2.24) is 4.90 Å². The fourth-order valence-electron chi connectivity index (χ4n) is 3.56. The van der Waals surface area contributed by atoms with Crippen LogP contribution in [0.3, 0.4) is 0 Å². The molecule has 2 amide bonds. The number of amides is 2. The van der Waals surface area contributed by atoms with Crippen LogP contribution in [-0.4, -0.2) is 42.9 Å². The van der Waals surface area contributed by atoms with Crippen molar-refractivity contribution in [2.24, 2.45) is 0 Å². The average molecular weight is 499 g/mol. The number of nitrogens with one attached hydrogen (secondary N) is 1. The second-order valence-electron chi connectivity index (χ2n) is 7.27. The van der Waals surface area contributed by atoms with E-state index in [4.69, 9.17) is 11.6 Å². The third-order valence-electron chi connectivity index (χ3n) is 5.24. The molecule has 0 unspecified atom stereocenters. The zero-order chi connectivity index (χ0) is 21.8. The molecule has 158 valence electrons. The van der Waals surface area contributed by atoms with Crippen molar-refractivity contribution in [1.29, 1.82) is 0 Å². The molecule has 5 nitrogen and oxygen atoms in total. The topological polar surface area (TPSA) is 52.7 Å². The Morgan fingerprint density at radius 1 is 0.839 bits per heavy atom. The van der Waals surface area contributed by atoms with E-state index >= 15 is 0 Å². The van der Waals surface area contributed by atoms with Crippen LogP contribution in [0.5, 0.6) is 0 Å². The molecule has 1 saturated heterocycles. The van der Waals surface area contributed by atoms with Gasteiger partial charge in [-0.05, 0) is 54.6 Å². The first-order valence-corrected chi connectivity index (χ1v) is 11.1. The smallest absolute Gasteiger partial charge is 0.255 e. The van der Waals surface area contributed by atoms with Crippen LogP contribution < -0.4 is 10.2 Å². The van der Waals surface area contributed by atoms with Crippen molar-refractivity contribution >= 4 is 50.7 Å². The number of hydrogen-bond acceptors (Lipinski definition) is 3. The van der Waals surface area contributed by atoms with E-state index in [1.54, 1.807) is 18.2 Å². The van der Waals surface area contributed by atoms with Gasteiger partial charge in [-0.1, -0.05) is 45.7 Å². The molecular formula is C24H21BrClN3O2. The van der Waals surface area contributed by atoms with Gasteiger partial charge < -0.3 is 15.1 Å². The Balaban J connectivity index is 1.38. The number of hydrogen-bond donors (Lipinski definition) is 1. The normalized spacial score (nSPS) is 13.7. The molecular weight excluding hydrogens is 478 g/mol. The van der Waals surface area contributed by atoms with Gasteiger partial charge in [-0.25, -0.2) is 0 Å². The van der Waals surface area contributed by atoms with E-state index in [2.05, 4.69) is 26.1 Å². The van der Waals surface area contributed by atoms with Gasteiger partial charge in [-0.3, -0.25) is 9.59 Å². The lowest BCUT2D eigenvalue weighted by Gasteiger charge is -2.36. The molecule has 7 heteroatoms. The van der Waals surface area contributed by atoms with Gasteiger partial charge in [-0.2, -0.15) is 0 Å². The van der Waals surface area contributed by atoms with E-state index in [9.17, 15) is 9.59 Å². The molecule has 3 aromatic carbocycles. The highest BCUT2D eigenvalue weighted by Gasteiger charge is 2.23. The number of anilines is 2. The molecule has 0 bridgehead atoms. The summed E-state index contributed by atoms with van der Waals surface area (Å²) in [7, 11) is 0. The van der Waals surface area contributed by atoms with E-state index in [0.717, 1.165) is 10.2 Å². The number of carbonyl (C=O) groups is 2. The molecule has 1 N–H and O–H groups in total. The largest absolute Gasteiger partial charge is 0.367 e. The van der Waals surface area contributed by atoms with Gasteiger partial charge in [0.2, 0.25) is 0 Å². The summed E-state index contributed by atoms with van der Waals surface area (Å²) in [5.41, 5.74) is 2.82. The highest BCUT2D eigenvalue weighted by atomic mass is 79.9. The van der Waals surface area contributed by atoms with Crippen molar-refractivity contribution in [2.45, 2.75) is 0 Å². The Labute approximate surface area is 194 Å². The summed E-state index contributed by atoms with van der Waals surface area (Å²) in [6.07, 6.45) is 0. The van der Waals surface area contributed by atoms with Crippen molar-refractivity contribution < 1.29 is 9.59 Å². The first-order valence-electron chi connectivity index (χ1n) is 9.97. The standard InChI is InChI=1S/C24H21BrClN3O2/c25-19-8-6-17(7-9-19)23(30)27-20-10-11-22(21(26)16-20)28-12-14-29(15-13-28)24(31)18-4-2-1-3-5-18/h1-11,16H,12-15H2,(H,27,30). The predicted octanol–water partition coefficient (Wildman–Crippen LogP) is 5.32. The molecule has 1 aliphatic heterocycles. The number of rotatable bonds is 4. The number of halogens is 2. The first-order chi connectivity index (χ1) is 15.0. The van der Waals surface area contributed by atoms with E-state index < -0.39 is 0 Å². The van der Waals surface area contributed by atoms with Gasteiger partial charge in [0.05, 0.1) is 10.7 Å². The van der Waals surface area contributed by atoms with Crippen LogP contribution in [0.25, 0.3) is 0 Å². The lowest BCUT2D eigenvalue weighted by atomic mass is 10.1. The third-order valence-corrected chi connectivity index (χ3v) is 6.07. The van der Waals surface area contributed by atoms with Crippen LogP contribution >= 0.6 is 27.5 Å². The Hall–Kier alpha value is -2.83. The Kier molecular flexibility index (Phi) is 6.59. The third kappa shape index (κ3) is 5.09. The van der Waals surface area contributed by atoms with Gasteiger partial charge in [-0.15, -0.1) is 0 Å². The lowest BCUT2D eigenvalue weighted by molar-refractivity contribution is 0.0746. The van der Waals surface area contributed by atoms with Crippen LogP contribution in [0, 0.1) is 0 Å². The molecule has 4 rings (SSSR count). The minimum Gasteiger partial charge on any atom is -0.367 e. The zero-order valence-electron chi connectivity index (χ0n) is 16.7. The number of benzene rings is 3. The molecule has 31 heavy (non-hydrogen) atoms. The Morgan fingerprint density at radius 3 is 2.16 bits per heavy atom. The monoisotopic (exact) mass is 497 g/mol. The summed E-state index contributed by atoms with van der Waals surface area (Å²) in [6.45, 7) is 2.66. The quantitative estimate of drug-likeness (QED) is 0.530. The second kappa shape index (κ2) is 9.54. The van der Waals surface area contributed by atoms with Gasteiger partial charge in [0.25, 0.3) is 11.8 Å². The molecule has 0 aliphatic carbocycles. The maximum atomic E-state index is 12.6. The molecule has 0 spiro atoms. The van der Waals surface area contributed by atoms with Crippen LogP contribution in [0.4, 0.5) is 11.4 Å². The number of nitrogens with zero attached hydrogens (tertiary/aromatic N) is 2. The van der Waals surface area contributed by atoms with E-state index in [0.29, 0.717) is 48.0 Å². The summed E-state index contributed by atoms with van der Waals surface area (Å²) in [6, 6.07) is 22.0. The molecule has 1 heterocycles. The van der Waals surface area contributed by atoms with Crippen molar-refractivity contribution in [3.8, 4) is 0 Å². The summed E-state index contributed by atoms with van der Waals surface area (Å²) in [5, 5.41) is 3.44. The van der Waals surface area contributed by atoms with Crippen LogP contribution in [-0.2, 0) is 0 Å². The van der Waals surface area contributed by atoms with Crippen LogP contribution in [0.2, 0.25) is 5.02 Å². The molecule has 0 atom stereocenters. The number of carbonyl (C=O) groups excluding carboxylic acids is 2. The van der Waals surface area contributed by atoms with Crippen molar-refractivity contribution in [3.63, 3.8) is 0 Å². The van der Waals surface area contributed by atoms with Gasteiger partial charge in [0, 0.05) is 47.5 Å². The average Bonchev–Trinajstić information content (AvgIpc) is 2.80. The molecule has 3 aromatic rings. The van der Waals surface area contributed by atoms with E-state index in [1.807, 2.05) is 59.5 Å². The SMILES string of the molecule is O=C(Nc1ccc(N2CCN(C(=O)c3ccccc3)CC2)c(Cl)c1)c1ccc(Br)cc1. The highest BCUT2D eigenvalue weighted by molar-refractivity contribution is 9.10. The van der Waals surface area contributed by atoms with E-state index in [1.165, 1.54) is 0 Å². The zero-order valence-corrected chi connectivity index (χ0v) is 19.1. The van der Waals surface area contributed by atoms with E-state index in [-0.39, 0.29) is 11.8 Å². The summed E-state index contributed by atoms with van der Waals surface area (Å²) in [5.74, 6) is -0.137. The number of piperazine rings is 1. The van der Waals surface area contributed by atoms with Crippen LogP contribution in [0.1, 0.15) is 20.7 Å². The van der Waals surface area contributed by atoms with Gasteiger partial charge in [0.1, 0.15) is 0 Å².